The first-order valence-electron chi connectivity index (χ1n) is 9.53. The Balaban J connectivity index is 2.30. The third-order valence-electron chi connectivity index (χ3n) is 4.65. The predicted octanol–water partition coefficient (Wildman–Crippen LogP) is 2.00. The maximum Gasteiger partial charge on any atom is 0.330 e. The molecule has 1 aromatic carbocycles. The molecule has 28 heavy (non-hydrogen) atoms. The molecular weight excluding hydrogens is 358 g/mol. The van der Waals surface area contributed by atoms with E-state index in [1.165, 1.54) is 4.57 Å². The number of unbranched alkanes of at least 4 members (excludes halogenated alkanes) is 1. The van der Waals surface area contributed by atoms with E-state index in [9.17, 15) is 14.4 Å². The fourth-order valence-corrected chi connectivity index (χ4v) is 3.00. The monoisotopic (exact) mass is 387 g/mol. The Kier molecular flexibility index (Phi) is 7.03. The van der Waals surface area contributed by atoms with Gasteiger partial charge in [0.2, 0.25) is 5.91 Å². The molecule has 2 aromatic rings. The van der Waals surface area contributed by atoms with Crippen LogP contribution >= 0.6 is 0 Å². The Hall–Kier alpha value is -3.03. The maximum atomic E-state index is 12.6. The van der Waals surface area contributed by atoms with Crippen molar-refractivity contribution in [3.8, 4) is 0 Å². The van der Waals surface area contributed by atoms with Gasteiger partial charge in [-0.05, 0) is 44.4 Å². The standard InChI is InChI=1S/C20H29N5O3/c1-5-7-10-25-18(21)17(19(27)23-20(25)28)24(6-2)12-16(26)22-15-11-13(3)8-9-14(15)4/h8-9,11H,5-7,10,12,21H2,1-4H3,(H,22,26)(H,23,27,28). The van der Waals surface area contributed by atoms with Crippen LogP contribution in [-0.4, -0.2) is 28.5 Å². The van der Waals surface area contributed by atoms with Crippen LogP contribution < -0.4 is 27.2 Å². The van der Waals surface area contributed by atoms with Crippen LogP contribution in [0, 0.1) is 13.8 Å². The number of amides is 1. The molecule has 0 atom stereocenters. The molecule has 0 bridgehead atoms. The van der Waals surface area contributed by atoms with Crippen molar-refractivity contribution in [2.75, 3.05) is 29.0 Å². The van der Waals surface area contributed by atoms with Crippen LogP contribution in [0.2, 0.25) is 0 Å². The number of likely N-dealkylation sites (N-methyl/N-ethyl adjacent to an activating group) is 1. The fraction of sp³-hybridized carbons (Fsp3) is 0.450. The van der Waals surface area contributed by atoms with Crippen molar-refractivity contribution >= 4 is 23.1 Å². The number of aryl methyl sites for hydroxylation is 2. The number of H-pyrrole nitrogens is 1. The second-order valence-corrected chi connectivity index (χ2v) is 6.88. The van der Waals surface area contributed by atoms with Crippen LogP contribution in [0.1, 0.15) is 37.8 Å². The second kappa shape index (κ2) is 9.25. The molecule has 0 aliphatic carbocycles. The lowest BCUT2D eigenvalue weighted by molar-refractivity contribution is -0.115. The molecule has 0 spiro atoms. The van der Waals surface area contributed by atoms with Gasteiger partial charge in [-0.2, -0.15) is 0 Å². The first kappa shape index (κ1) is 21.3. The summed E-state index contributed by atoms with van der Waals surface area (Å²) in [7, 11) is 0. The largest absolute Gasteiger partial charge is 0.383 e. The molecule has 0 aliphatic rings. The molecule has 1 aromatic heterocycles. The molecule has 8 nitrogen and oxygen atoms in total. The van der Waals surface area contributed by atoms with Gasteiger partial charge < -0.3 is 16.0 Å². The number of nitrogen functional groups attached to an aromatic ring is 1. The summed E-state index contributed by atoms with van der Waals surface area (Å²) < 4.78 is 1.35. The van der Waals surface area contributed by atoms with Gasteiger partial charge in [0.1, 0.15) is 11.5 Å². The zero-order chi connectivity index (χ0) is 20.8. The minimum Gasteiger partial charge on any atom is -0.383 e. The minimum atomic E-state index is -0.586. The van der Waals surface area contributed by atoms with Gasteiger partial charge in [-0.1, -0.05) is 25.5 Å². The summed E-state index contributed by atoms with van der Waals surface area (Å²) in [6, 6.07) is 5.81. The number of benzene rings is 1. The van der Waals surface area contributed by atoms with Crippen LogP contribution in [0.25, 0.3) is 0 Å². The fourth-order valence-electron chi connectivity index (χ4n) is 3.00. The molecule has 1 heterocycles. The van der Waals surface area contributed by atoms with Crippen molar-refractivity contribution in [3.63, 3.8) is 0 Å². The summed E-state index contributed by atoms with van der Waals surface area (Å²) in [6.07, 6.45) is 1.64. The highest BCUT2D eigenvalue weighted by Crippen LogP contribution is 2.19. The number of carbonyl (C=O) groups excluding carboxylic acids is 1. The van der Waals surface area contributed by atoms with E-state index in [0.29, 0.717) is 13.1 Å². The smallest absolute Gasteiger partial charge is 0.330 e. The maximum absolute atomic E-state index is 12.6. The Bertz CT molecular complexity index is 961. The number of aromatic nitrogens is 2. The number of rotatable bonds is 8. The number of hydrogen-bond donors (Lipinski definition) is 3. The number of hydrogen-bond acceptors (Lipinski definition) is 5. The Morgan fingerprint density at radius 1 is 1.25 bits per heavy atom. The molecule has 2 rings (SSSR count). The zero-order valence-corrected chi connectivity index (χ0v) is 17.0. The Morgan fingerprint density at radius 2 is 1.96 bits per heavy atom. The van der Waals surface area contributed by atoms with Crippen molar-refractivity contribution in [1.82, 2.24) is 9.55 Å². The highest BCUT2D eigenvalue weighted by atomic mass is 16.2. The van der Waals surface area contributed by atoms with E-state index >= 15 is 0 Å². The first-order valence-corrected chi connectivity index (χ1v) is 9.53. The summed E-state index contributed by atoms with van der Waals surface area (Å²) in [5, 5.41) is 2.88. The number of anilines is 3. The highest BCUT2D eigenvalue weighted by molar-refractivity contribution is 5.95. The summed E-state index contributed by atoms with van der Waals surface area (Å²) in [5.74, 6) is -0.177. The van der Waals surface area contributed by atoms with Crippen molar-refractivity contribution in [2.45, 2.75) is 47.1 Å². The molecule has 0 saturated heterocycles. The summed E-state index contributed by atoms with van der Waals surface area (Å²) >= 11 is 0. The highest BCUT2D eigenvalue weighted by Gasteiger charge is 2.20. The van der Waals surface area contributed by atoms with Crippen LogP contribution in [0.3, 0.4) is 0 Å². The van der Waals surface area contributed by atoms with Gasteiger partial charge in [-0.3, -0.25) is 19.1 Å². The van der Waals surface area contributed by atoms with Crippen LogP contribution in [0.15, 0.2) is 27.8 Å². The normalized spacial score (nSPS) is 10.7. The average molecular weight is 387 g/mol. The average Bonchev–Trinajstić information content (AvgIpc) is 2.63. The summed E-state index contributed by atoms with van der Waals surface area (Å²) in [6.45, 7) is 8.45. The lowest BCUT2D eigenvalue weighted by atomic mass is 10.1. The van der Waals surface area contributed by atoms with Crippen LogP contribution in [0.5, 0.6) is 0 Å². The van der Waals surface area contributed by atoms with Gasteiger partial charge in [-0.15, -0.1) is 0 Å². The first-order chi connectivity index (χ1) is 13.3. The van der Waals surface area contributed by atoms with Crippen molar-refractivity contribution < 1.29 is 4.79 Å². The van der Waals surface area contributed by atoms with Gasteiger partial charge in [0, 0.05) is 18.8 Å². The van der Waals surface area contributed by atoms with Crippen LogP contribution in [0.4, 0.5) is 17.2 Å². The van der Waals surface area contributed by atoms with E-state index in [1.54, 1.807) is 4.90 Å². The summed E-state index contributed by atoms with van der Waals surface area (Å²) in [5.41, 5.74) is 7.90. The SMILES string of the molecule is CCCCn1c(N)c(N(CC)CC(=O)Nc2cc(C)ccc2C)c(=O)[nH]c1=O. The molecule has 4 N–H and O–H groups in total. The van der Waals surface area contributed by atoms with Crippen molar-refractivity contribution in [3.05, 3.63) is 50.2 Å². The molecule has 152 valence electrons. The molecule has 1 amide bonds. The van der Waals surface area contributed by atoms with Gasteiger partial charge >= 0.3 is 5.69 Å². The van der Waals surface area contributed by atoms with Crippen molar-refractivity contribution in [2.24, 2.45) is 0 Å². The van der Waals surface area contributed by atoms with Crippen LogP contribution in [-0.2, 0) is 11.3 Å². The van der Waals surface area contributed by atoms with E-state index in [-0.39, 0.29) is 24.0 Å². The molecule has 0 saturated carbocycles. The van der Waals surface area contributed by atoms with E-state index in [0.717, 1.165) is 29.7 Å². The lowest BCUT2D eigenvalue weighted by Gasteiger charge is -2.24. The van der Waals surface area contributed by atoms with E-state index in [4.69, 9.17) is 5.73 Å². The second-order valence-electron chi connectivity index (χ2n) is 6.88. The van der Waals surface area contributed by atoms with Crippen molar-refractivity contribution in [1.29, 1.82) is 0 Å². The minimum absolute atomic E-state index is 0.0524. The van der Waals surface area contributed by atoms with E-state index in [2.05, 4.69) is 10.3 Å². The van der Waals surface area contributed by atoms with Gasteiger partial charge in [0.15, 0.2) is 0 Å². The summed E-state index contributed by atoms with van der Waals surface area (Å²) in [4.78, 5) is 41.0. The molecule has 0 unspecified atom stereocenters. The quantitative estimate of drug-likeness (QED) is 0.641. The number of nitrogens with one attached hydrogen (secondary N) is 2. The third-order valence-corrected chi connectivity index (χ3v) is 4.65. The molecular formula is C20H29N5O3. The number of nitrogens with zero attached hydrogens (tertiary/aromatic N) is 2. The topological polar surface area (TPSA) is 113 Å². The molecule has 0 radical (unpaired) electrons. The lowest BCUT2D eigenvalue weighted by Crippen LogP contribution is -2.41. The van der Waals surface area contributed by atoms with Gasteiger partial charge in [-0.25, -0.2) is 4.79 Å². The van der Waals surface area contributed by atoms with E-state index in [1.807, 2.05) is 45.9 Å². The Labute approximate surface area is 164 Å². The Morgan fingerprint density at radius 3 is 2.61 bits per heavy atom. The van der Waals surface area contributed by atoms with E-state index < -0.39 is 11.2 Å². The predicted molar refractivity (Wildman–Crippen MR) is 113 cm³/mol. The number of nitrogens with two attached hydrogens (primary N) is 1. The van der Waals surface area contributed by atoms with Gasteiger partial charge in [0.05, 0.1) is 6.54 Å². The molecule has 0 fully saturated rings. The third kappa shape index (κ3) is 4.82. The zero-order valence-electron chi connectivity index (χ0n) is 17.0. The van der Waals surface area contributed by atoms with Gasteiger partial charge in [0.25, 0.3) is 5.56 Å². The molecule has 0 aliphatic heterocycles. The molecule has 8 heteroatoms. The number of carbonyl (C=O) groups is 1. The number of aromatic amines is 1.